The summed E-state index contributed by atoms with van der Waals surface area (Å²) in [5, 5.41) is 11.2. The van der Waals surface area contributed by atoms with Crippen LogP contribution in [0.3, 0.4) is 0 Å². The number of hydrogen-bond donors (Lipinski definition) is 0. The number of non-ortho nitro benzene ring substituents is 1. The lowest BCUT2D eigenvalue weighted by molar-refractivity contribution is -0.384. The maximum Gasteiger partial charge on any atom is 0.416 e. The number of carbonyl (C=O) groups excluding carboxylic acids is 1. The molecular formula is C22H24F3N3O4. The quantitative estimate of drug-likeness (QED) is 0.345. The number of rotatable bonds is 7. The molecule has 0 spiro atoms. The van der Waals surface area contributed by atoms with E-state index in [9.17, 15) is 28.1 Å². The van der Waals surface area contributed by atoms with E-state index >= 15 is 0 Å². The number of amides is 1. The fraction of sp³-hybridized carbons (Fsp3) is 0.409. The van der Waals surface area contributed by atoms with Crippen molar-refractivity contribution in [2.24, 2.45) is 0 Å². The Hall–Kier alpha value is -3.30. The van der Waals surface area contributed by atoms with Crippen LogP contribution in [0.4, 0.5) is 24.5 Å². The first-order valence-electron chi connectivity index (χ1n) is 10.3. The molecule has 0 aliphatic carbocycles. The molecule has 2 aromatic carbocycles. The minimum absolute atomic E-state index is 0.137. The Morgan fingerprint density at radius 3 is 2.31 bits per heavy atom. The third-order valence-electron chi connectivity index (χ3n) is 5.29. The standard InChI is InChI=1S/C22H24F3N3O4/c1-2-3-14-32-20-9-8-18(28(30)31)15-19(20)21(29)27-12-10-26(11-13-27)17-6-4-16(5-7-17)22(23,24)25/h4-9,15H,2-3,10-14H2,1H3. The summed E-state index contributed by atoms with van der Waals surface area (Å²) in [7, 11) is 0. The van der Waals surface area contributed by atoms with Crippen molar-refractivity contribution in [3.63, 3.8) is 0 Å². The molecular weight excluding hydrogens is 427 g/mol. The smallest absolute Gasteiger partial charge is 0.416 e. The number of anilines is 1. The number of benzene rings is 2. The number of piperazine rings is 1. The van der Waals surface area contributed by atoms with Crippen molar-refractivity contribution in [3.05, 3.63) is 63.7 Å². The van der Waals surface area contributed by atoms with Gasteiger partial charge in [-0.3, -0.25) is 14.9 Å². The van der Waals surface area contributed by atoms with E-state index in [0.29, 0.717) is 44.2 Å². The van der Waals surface area contributed by atoms with Gasteiger partial charge in [0.2, 0.25) is 0 Å². The van der Waals surface area contributed by atoms with Gasteiger partial charge in [-0.2, -0.15) is 13.2 Å². The number of alkyl halides is 3. The van der Waals surface area contributed by atoms with Crippen LogP contribution in [-0.2, 0) is 6.18 Å². The number of nitro groups is 1. The van der Waals surface area contributed by atoms with Crippen LogP contribution in [0.2, 0.25) is 0 Å². The van der Waals surface area contributed by atoms with Gasteiger partial charge < -0.3 is 14.5 Å². The van der Waals surface area contributed by atoms with Crippen LogP contribution >= 0.6 is 0 Å². The molecule has 1 aliphatic rings. The zero-order chi connectivity index (χ0) is 23.3. The molecule has 0 bridgehead atoms. The van der Waals surface area contributed by atoms with Crippen molar-refractivity contribution in [2.75, 3.05) is 37.7 Å². The molecule has 1 heterocycles. The SMILES string of the molecule is CCCCOc1ccc([N+](=O)[O-])cc1C(=O)N1CCN(c2ccc(C(F)(F)F)cc2)CC1. The highest BCUT2D eigenvalue weighted by molar-refractivity contribution is 5.97. The minimum Gasteiger partial charge on any atom is -0.493 e. The van der Waals surface area contributed by atoms with Gasteiger partial charge in [0.15, 0.2) is 0 Å². The summed E-state index contributed by atoms with van der Waals surface area (Å²) < 4.78 is 44.0. The van der Waals surface area contributed by atoms with Crippen LogP contribution in [0.5, 0.6) is 5.75 Å². The van der Waals surface area contributed by atoms with Crippen molar-refractivity contribution >= 4 is 17.3 Å². The Balaban J connectivity index is 1.70. The third-order valence-corrected chi connectivity index (χ3v) is 5.29. The summed E-state index contributed by atoms with van der Waals surface area (Å²) in [6, 6.07) is 8.89. The molecule has 0 aromatic heterocycles. The second-order valence-electron chi connectivity index (χ2n) is 7.46. The molecule has 0 N–H and O–H groups in total. The fourth-order valence-corrected chi connectivity index (χ4v) is 3.45. The minimum atomic E-state index is -4.39. The molecule has 2 aromatic rings. The van der Waals surface area contributed by atoms with Gasteiger partial charge in [0.1, 0.15) is 5.75 Å². The van der Waals surface area contributed by atoms with Crippen LogP contribution in [0.25, 0.3) is 0 Å². The first kappa shape index (κ1) is 23.4. The number of hydrogen-bond acceptors (Lipinski definition) is 5. The Bertz CT molecular complexity index is 956. The fourth-order valence-electron chi connectivity index (χ4n) is 3.45. The van der Waals surface area contributed by atoms with E-state index in [-0.39, 0.29) is 17.2 Å². The molecule has 0 atom stereocenters. The molecule has 0 unspecified atom stereocenters. The van der Waals surface area contributed by atoms with E-state index < -0.39 is 16.7 Å². The molecule has 32 heavy (non-hydrogen) atoms. The van der Waals surface area contributed by atoms with Gasteiger partial charge in [0.05, 0.1) is 22.7 Å². The number of nitro benzene ring substituents is 1. The molecule has 1 amide bonds. The molecule has 3 rings (SSSR count). The average molecular weight is 451 g/mol. The topological polar surface area (TPSA) is 75.9 Å². The monoisotopic (exact) mass is 451 g/mol. The molecule has 1 saturated heterocycles. The highest BCUT2D eigenvalue weighted by atomic mass is 19.4. The van der Waals surface area contributed by atoms with Gasteiger partial charge in [-0.1, -0.05) is 13.3 Å². The summed E-state index contributed by atoms with van der Waals surface area (Å²) >= 11 is 0. The Kier molecular flexibility index (Phi) is 7.22. The summed E-state index contributed by atoms with van der Waals surface area (Å²) in [6.45, 7) is 3.92. The van der Waals surface area contributed by atoms with Gasteiger partial charge in [-0.25, -0.2) is 0 Å². The zero-order valence-electron chi connectivity index (χ0n) is 17.6. The van der Waals surface area contributed by atoms with E-state index in [1.54, 1.807) is 4.90 Å². The molecule has 1 fully saturated rings. The lowest BCUT2D eigenvalue weighted by Crippen LogP contribution is -2.48. The molecule has 0 saturated carbocycles. The second-order valence-corrected chi connectivity index (χ2v) is 7.46. The molecule has 172 valence electrons. The predicted molar refractivity (Wildman–Crippen MR) is 113 cm³/mol. The summed E-state index contributed by atoms with van der Waals surface area (Å²) in [5.41, 5.74) is -0.127. The zero-order valence-corrected chi connectivity index (χ0v) is 17.6. The lowest BCUT2D eigenvalue weighted by atomic mass is 10.1. The van der Waals surface area contributed by atoms with Gasteiger partial charge in [0.25, 0.3) is 11.6 Å². The lowest BCUT2D eigenvalue weighted by Gasteiger charge is -2.36. The second kappa shape index (κ2) is 9.88. The van der Waals surface area contributed by atoms with Crippen LogP contribution in [-0.4, -0.2) is 48.5 Å². The Morgan fingerprint density at radius 2 is 1.75 bits per heavy atom. The van der Waals surface area contributed by atoms with Crippen molar-refractivity contribution < 1.29 is 27.6 Å². The van der Waals surface area contributed by atoms with Crippen molar-refractivity contribution in [2.45, 2.75) is 25.9 Å². The molecule has 1 aliphatic heterocycles. The number of nitrogens with zero attached hydrogens (tertiary/aromatic N) is 3. The third kappa shape index (κ3) is 5.49. The van der Waals surface area contributed by atoms with E-state index in [4.69, 9.17) is 4.74 Å². The molecule has 7 nitrogen and oxygen atoms in total. The normalized spacial score (nSPS) is 14.4. The van der Waals surface area contributed by atoms with E-state index in [2.05, 4.69) is 0 Å². The van der Waals surface area contributed by atoms with Gasteiger partial charge in [0, 0.05) is 44.0 Å². The van der Waals surface area contributed by atoms with Crippen LogP contribution in [0, 0.1) is 10.1 Å². The number of halogens is 3. The maximum atomic E-state index is 13.1. The number of ether oxygens (including phenoxy) is 1. The Morgan fingerprint density at radius 1 is 1.09 bits per heavy atom. The first-order valence-corrected chi connectivity index (χ1v) is 10.3. The number of unbranched alkanes of at least 4 members (excludes halogenated alkanes) is 1. The largest absolute Gasteiger partial charge is 0.493 e. The summed E-state index contributed by atoms with van der Waals surface area (Å²) in [4.78, 5) is 27.2. The number of carbonyl (C=O) groups is 1. The molecule has 0 radical (unpaired) electrons. The van der Waals surface area contributed by atoms with Crippen LogP contribution < -0.4 is 9.64 Å². The van der Waals surface area contributed by atoms with Crippen molar-refractivity contribution in [1.29, 1.82) is 0 Å². The van der Waals surface area contributed by atoms with E-state index in [1.165, 1.54) is 30.3 Å². The highest BCUT2D eigenvalue weighted by Crippen LogP contribution is 2.31. The Labute approximate surface area is 183 Å². The van der Waals surface area contributed by atoms with Crippen molar-refractivity contribution in [1.82, 2.24) is 4.90 Å². The van der Waals surface area contributed by atoms with Crippen LogP contribution in [0.15, 0.2) is 42.5 Å². The van der Waals surface area contributed by atoms with Gasteiger partial charge >= 0.3 is 6.18 Å². The van der Waals surface area contributed by atoms with E-state index in [1.807, 2.05) is 11.8 Å². The molecule has 10 heteroatoms. The van der Waals surface area contributed by atoms with Crippen molar-refractivity contribution in [3.8, 4) is 5.75 Å². The summed E-state index contributed by atoms with van der Waals surface area (Å²) in [6.07, 6.45) is -2.70. The van der Waals surface area contributed by atoms with E-state index in [0.717, 1.165) is 25.0 Å². The highest BCUT2D eigenvalue weighted by Gasteiger charge is 2.31. The van der Waals surface area contributed by atoms with Gasteiger partial charge in [-0.05, 0) is 36.8 Å². The first-order chi connectivity index (χ1) is 15.2. The maximum absolute atomic E-state index is 13.1. The van der Waals surface area contributed by atoms with Gasteiger partial charge in [-0.15, -0.1) is 0 Å². The van der Waals surface area contributed by atoms with Crippen LogP contribution in [0.1, 0.15) is 35.7 Å². The predicted octanol–water partition coefficient (Wildman–Crippen LogP) is 4.75. The summed E-state index contributed by atoms with van der Waals surface area (Å²) in [5.74, 6) is -0.0634. The average Bonchev–Trinajstić information content (AvgIpc) is 2.78.